The molecule has 3 heteroatoms. The van der Waals surface area contributed by atoms with Gasteiger partial charge in [-0.1, -0.05) is 37.3 Å². The van der Waals surface area contributed by atoms with Crippen LogP contribution in [0.15, 0.2) is 42.5 Å². The van der Waals surface area contributed by atoms with Gasteiger partial charge in [-0.05, 0) is 73.4 Å². The number of carbonyl (C=O) groups excluding carboxylic acids is 1. The lowest BCUT2D eigenvalue weighted by Crippen LogP contribution is -2.34. The van der Waals surface area contributed by atoms with E-state index >= 15 is 0 Å². The summed E-state index contributed by atoms with van der Waals surface area (Å²) in [5.74, 6) is 0.886. The molecule has 1 amide bonds. The van der Waals surface area contributed by atoms with Gasteiger partial charge in [0.15, 0.2) is 0 Å². The largest absolute Gasteiger partial charge is 0.371 e. The number of nitrogens with one attached hydrogen (secondary N) is 1. The van der Waals surface area contributed by atoms with Crippen molar-refractivity contribution in [1.82, 2.24) is 5.32 Å². The van der Waals surface area contributed by atoms with E-state index in [1.807, 2.05) is 0 Å². The number of aryl methyl sites for hydroxylation is 3. The number of hydrogen-bond acceptors (Lipinski definition) is 2. The van der Waals surface area contributed by atoms with Crippen LogP contribution >= 0.6 is 0 Å². The average molecular weight is 365 g/mol. The molecule has 3 nitrogen and oxygen atoms in total. The Morgan fingerprint density at radius 1 is 1.07 bits per heavy atom. The van der Waals surface area contributed by atoms with Crippen LogP contribution in [0.4, 0.5) is 5.69 Å². The van der Waals surface area contributed by atoms with E-state index in [9.17, 15) is 4.79 Å². The van der Waals surface area contributed by atoms with Crippen LogP contribution in [0.25, 0.3) is 0 Å². The summed E-state index contributed by atoms with van der Waals surface area (Å²) in [6, 6.07) is 15.1. The van der Waals surface area contributed by atoms with E-state index in [1.54, 1.807) is 0 Å². The lowest BCUT2D eigenvalue weighted by atomic mass is 9.99. The smallest absolute Gasteiger partial charge is 0.220 e. The fourth-order valence-corrected chi connectivity index (χ4v) is 3.75. The van der Waals surface area contributed by atoms with Crippen LogP contribution in [0.5, 0.6) is 0 Å². The maximum absolute atomic E-state index is 12.2. The van der Waals surface area contributed by atoms with E-state index in [0.29, 0.717) is 13.0 Å². The van der Waals surface area contributed by atoms with Crippen molar-refractivity contribution in [3.05, 3.63) is 64.7 Å². The second-order valence-electron chi connectivity index (χ2n) is 8.06. The SMILES string of the molecule is Cc1ccc(CCC(=O)NCc2ccc(N3CCC[C@@H](C)C3)cc2)cc1C. The molecule has 1 heterocycles. The second-order valence-corrected chi connectivity index (χ2v) is 8.06. The van der Waals surface area contributed by atoms with E-state index in [2.05, 4.69) is 73.5 Å². The summed E-state index contributed by atoms with van der Waals surface area (Å²) in [6.07, 6.45) is 3.94. The Kier molecular flexibility index (Phi) is 6.54. The van der Waals surface area contributed by atoms with E-state index in [0.717, 1.165) is 31.0 Å². The molecular weight excluding hydrogens is 332 g/mol. The van der Waals surface area contributed by atoms with Gasteiger partial charge in [0.05, 0.1) is 0 Å². The van der Waals surface area contributed by atoms with Crippen LogP contribution in [-0.4, -0.2) is 19.0 Å². The molecule has 1 fully saturated rings. The van der Waals surface area contributed by atoms with Crippen molar-refractivity contribution in [3.8, 4) is 0 Å². The minimum Gasteiger partial charge on any atom is -0.371 e. The molecule has 1 aliphatic heterocycles. The maximum atomic E-state index is 12.2. The third kappa shape index (κ3) is 5.59. The fraction of sp³-hybridized carbons (Fsp3) is 0.458. The van der Waals surface area contributed by atoms with Crippen LogP contribution in [0.3, 0.4) is 0 Å². The zero-order valence-electron chi connectivity index (χ0n) is 16.9. The highest BCUT2D eigenvalue weighted by atomic mass is 16.1. The molecule has 1 N–H and O–H groups in total. The maximum Gasteiger partial charge on any atom is 0.220 e. The first-order chi connectivity index (χ1) is 13.0. The molecule has 2 aromatic rings. The highest BCUT2D eigenvalue weighted by molar-refractivity contribution is 5.76. The van der Waals surface area contributed by atoms with Crippen molar-refractivity contribution in [3.63, 3.8) is 0 Å². The molecule has 2 aromatic carbocycles. The van der Waals surface area contributed by atoms with Crippen molar-refractivity contribution < 1.29 is 4.79 Å². The Balaban J connectivity index is 1.45. The van der Waals surface area contributed by atoms with Crippen LogP contribution in [0.2, 0.25) is 0 Å². The number of piperidine rings is 1. The summed E-state index contributed by atoms with van der Waals surface area (Å²) in [5.41, 5.74) is 6.27. The number of rotatable bonds is 6. The highest BCUT2D eigenvalue weighted by Crippen LogP contribution is 2.23. The summed E-state index contributed by atoms with van der Waals surface area (Å²) < 4.78 is 0. The minimum absolute atomic E-state index is 0.113. The molecule has 144 valence electrons. The monoisotopic (exact) mass is 364 g/mol. The molecule has 0 aromatic heterocycles. The summed E-state index contributed by atoms with van der Waals surface area (Å²) in [7, 11) is 0. The summed E-state index contributed by atoms with van der Waals surface area (Å²) >= 11 is 0. The first kappa shape index (κ1) is 19.5. The zero-order chi connectivity index (χ0) is 19.2. The summed E-state index contributed by atoms with van der Waals surface area (Å²) in [6.45, 7) is 9.46. The minimum atomic E-state index is 0.113. The summed E-state index contributed by atoms with van der Waals surface area (Å²) in [5, 5.41) is 3.05. The van der Waals surface area contributed by atoms with Gasteiger partial charge in [-0.25, -0.2) is 0 Å². The van der Waals surface area contributed by atoms with E-state index in [-0.39, 0.29) is 5.91 Å². The number of benzene rings is 2. The van der Waals surface area contributed by atoms with Gasteiger partial charge in [-0.3, -0.25) is 4.79 Å². The van der Waals surface area contributed by atoms with Crippen LogP contribution in [0, 0.1) is 19.8 Å². The molecule has 0 bridgehead atoms. The van der Waals surface area contributed by atoms with Gasteiger partial charge in [-0.15, -0.1) is 0 Å². The Bertz CT molecular complexity index is 766. The average Bonchev–Trinajstić information content (AvgIpc) is 2.67. The third-order valence-electron chi connectivity index (χ3n) is 5.66. The standard InChI is InChI=1S/C24H32N2O/c1-18-5-4-14-26(17-18)23-11-8-22(9-12-23)16-25-24(27)13-10-21-7-6-19(2)20(3)15-21/h6-9,11-12,15,18H,4-5,10,13-14,16-17H2,1-3H3,(H,25,27)/t18-/m1/s1. The van der Waals surface area contributed by atoms with Gasteiger partial charge in [-0.2, -0.15) is 0 Å². The predicted octanol–water partition coefficient (Wildman–Crippen LogP) is 4.79. The van der Waals surface area contributed by atoms with Gasteiger partial charge < -0.3 is 10.2 Å². The van der Waals surface area contributed by atoms with Crippen molar-refractivity contribution in [1.29, 1.82) is 0 Å². The molecular formula is C24H32N2O. The van der Waals surface area contributed by atoms with Gasteiger partial charge in [0.1, 0.15) is 0 Å². The zero-order valence-corrected chi connectivity index (χ0v) is 16.9. The van der Waals surface area contributed by atoms with Gasteiger partial charge in [0, 0.05) is 31.7 Å². The Hall–Kier alpha value is -2.29. The topological polar surface area (TPSA) is 32.3 Å². The first-order valence-electron chi connectivity index (χ1n) is 10.2. The predicted molar refractivity (Wildman–Crippen MR) is 113 cm³/mol. The Labute approximate surface area is 163 Å². The fourth-order valence-electron chi connectivity index (χ4n) is 3.75. The Morgan fingerprint density at radius 3 is 2.52 bits per heavy atom. The molecule has 0 saturated carbocycles. The van der Waals surface area contributed by atoms with E-state index in [4.69, 9.17) is 0 Å². The summed E-state index contributed by atoms with van der Waals surface area (Å²) in [4.78, 5) is 14.6. The van der Waals surface area contributed by atoms with Gasteiger partial charge >= 0.3 is 0 Å². The van der Waals surface area contributed by atoms with E-state index in [1.165, 1.54) is 35.2 Å². The van der Waals surface area contributed by atoms with Gasteiger partial charge in [0.2, 0.25) is 5.91 Å². The van der Waals surface area contributed by atoms with Crippen LogP contribution < -0.4 is 10.2 Å². The molecule has 0 aliphatic carbocycles. The lowest BCUT2D eigenvalue weighted by Gasteiger charge is -2.32. The van der Waals surface area contributed by atoms with Gasteiger partial charge in [0.25, 0.3) is 0 Å². The Morgan fingerprint density at radius 2 is 1.81 bits per heavy atom. The van der Waals surface area contributed by atoms with Crippen LogP contribution in [-0.2, 0) is 17.8 Å². The molecule has 1 saturated heterocycles. The normalized spacial score (nSPS) is 17.0. The first-order valence-corrected chi connectivity index (χ1v) is 10.2. The molecule has 3 rings (SSSR count). The van der Waals surface area contributed by atoms with Crippen LogP contribution in [0.1, 0.15) is 48.4 Å². The van der Waals surface area contributed by atoms with Crippen molar-refractivity contribution in [2.75, 3.05) is 18.0 Å². The highest BCUT2D eigenvalue weighted by Gasteiger charge is 2.16. The second kappa shape index (κ2) is 9.07. The number of nitrogens with zero attached hydrogens (tertiary/aromatic N) is 1. The molecule has 27 heavy (non-hydrogen) atoms. The number of hydrogen-bond donors (Lipinski definition) is 1. The number of anilines is 1. The lowest BCUT2D eigenvalue weighted by molar-refractivity contribution is -0.121. The van der Waals surface area contributed by atoms with Crippen molar-refractivity contribution >= 4 is 11.6 Å². The molecule has 0 radical (unpaired) electrons. The molecule has 1 aliphatic rings. The van der Waals surface area contributed by atoms with Crippen molar-refractivity contribution in [2.24, 2.45) is 5.92 Å². The molecule has 0 unspecified atom stereocenters. The number of amides is 1. The molecule has 1 atom stereocenters. The molecule has 0 spiro atoms. The van der Waals surface area contributed by atoms with E-state index < -0.39 is 0 Å². The number of carbonyl (C=O) groups is 1. The van der Waals surface area contributed by atoms with Crippen molar-refractivity contribution in [2.45, 2.75) is 53.0 Å². The third-order valence-corrected chi connectivity index (χ3v) is 5.66. The quantitative estimate of drug-likeness (QED) is 0.799.